The maximum atomic E-state index is 5.65. The van der Waals surface area contributed by atoms with Gasteiger partial charge in [0.1, 0.15) is 18.0 Å². The molecule has 0 aliphatic carbocycles. The largest absolute Gasteiger partial charge is 0.396 e. The summed E-state index contributed by atoms with van der Waals surface area (Å²) in [5, 5.41) is 0. The number of imidazole rings is 1. The van der Waals surface area contributed by atoms with Crippen LogP contribution in [-0.4, -0.2) is 14.5 Å². The summed E-state index contributed by atoms with van der Waals surface area (Å²) in [6.07, 6.45) is 1.72. The Bertz CT molecular complexity index is 501. The van der Waals surface area contributed by atoms with Crippen LogP contribution in [0.25, 0.3) is 5.82 Å². The molecule has 0 saturated heterocycles. The van der Waals surface area contributed by atoms with Gasteiger partial charge in [-0.15, -0.1) is 0 Å². The maximum absolute atomic E-state index is 5.65. The molecule has 5 nitrogen and oxygen atoms in total. The van der Waals surface area contributed by atoms with Crippen molar-refractivity contribution in [3.8, 4) is 5.82 Å². The van der Waals surface area contributed by atoms with E-state index in [1.54, 1.807) is 12.4 Å². The number of aryl methyl sites for hydroxylation is 1. The minimum atomic E-state index is 0.346. The monoisotopic (exact) mass is 203 g/mol. The van der Waals surface area contributed by atoms with Gasteiger partial charge >= 0.3 is 0 Å². The average Bonchev–Trinajstić information content (AvgIpc) is 2.53. The first-order valence-electron chi connectivity index (χ1n) is 4.62. The van der Waals surface area contributed by atoms with E-state index in [9.17, 15) is 0 Å². The van der Waals surface area contributed by atoms with E-state index in [0.717, 1.165) is 17.2 Å². The highest BCUT2D eigenvalue weighted by atomic mass is 15.1. The van der Waals surface area contributed by atoms with E-state index in [1.807, 2.05) is 24.5 Å². The molecule has 0 spiro atoms. The number of nitrogens with zero attached hydrogens (tertiary/aromatic N) is 3. The average molecular weight is 203 g/mol. The van der Waals surface area contributed by atoms with E-state index in [4.69, 9.17) is 11.5 Å². The van der Waals surface area contributed by atoms with Gasteiger partial charge in [0, 0.05) is 5.69 Å². The number of nitrogens with two attached hydrogens (primary N) is 2. The second-order valence-corrected chi connectivity index (χ2v) is 3.43. The van der Waals surface area contributed by atoms with Crippen LogP contribution < -0.4 is 11.5 Å². The van der Waals surface area contributed by atoms with Crippen molar-refractivity contribution >= 4 is 11.5 Å². The Morgan fingerprint density at radius 3 is 2.47 bits per heavy atom. The smallest absolute Gasteiger partial charge is 0.149 e. The molecule has 5 heteroatoms. The highest BCUT2D eigenvalue weighted by Gasteiger charge is 2.06. The van der Waals surface area contributed by atoms with Gasteiger partial charge in [-0.2, -0.15) is 0 Å². The van der Waals surface area contributed by atoms with Crippen molar-refractivity contribution < 1.29 is 0 Å². The first-order chi connectivity index (χ1) is 7.09. The quantitative estimate of drug-likeness (QED) is 0.725. The molecule has 2 rings (SSSR count). The number of hydrogen-bond acceptors (Lipinski definition) is 4. The van der Waals surface area contributed by atoms with Crippen LogP contribution >= 0.6 is 0 Å². The van der Waals surface area contributed by atoms with Crippen molar-refractivity contribution in [1.29, 1.82) is 0 Å². The van der Waals surface area contributed by atoms with Crippen molar-refractivity contribution in [1.82, 2.24) is 14.5 Å². The summed E-state index contributed by atoms with van der Waals surface area (Å²) >= 11 is 0. The summed E-state index contributed by atoms with van der Waals surface area (Å²) in [5.74, 6) is 1.08. The van der Waals surface area contributed by atoms with Crippen LogP contribution in [0.2, 0.25) is 0 Å². The molecule has 0 unspecified atom stereocenters. The number of hydrogen-bond donors (Lipinski definition) is 2. The van der Waals surface area contributed by atoms with Crippen molar-refractivity contribution in [2.24, 2.45) is 0 Å². The Morgan fingerprint density at radius 2 is 1.93 bits per heavy atom. The van der Waals surface area contributed by atoms with Gasteiger partial charge in [-0.05, 0) is 26.0 Å². The minimum Gasteiger partial charge on any atom is -0.396 e. The fraction of sp³-hybridized carbons (Fsp3) is 0.200. The van der Waals surface area contributed by atoms with Gasteiger partial charge in [-0.3, -0.25) is 4.57 Å². The molecule has 0 aliphatic rings. The molecular weight excluding hydrogens is 190 g/mol. The molecule has 0 atom stereocenters. The third-order valence-electron chi connectivity index (χ3n) is 2.44. The number of anilines is 2. The van der Waals surface area contributed by atoms with Gasteiger partial charge < -0.3 is 11.5 Å². The Hall–Kier alpha value is -2.04. The number of nitrogen functional groups attached to an aromatic ring is 2. The second-order valence-electron chi connectivity index (χ2n) is 3.43. The third-order valence-corrected chi connectivity index (χ3v) is 2.44. The normalized spacial score (nSPS) is 10.5. The van der Waals surface area contributed by atoms with Gasteiger partial charge in [-0.25, -0.2) is 9.97 Å². The Kier molecular flexibility index (Phi) is 2.07. The molecule has 0 bridgehead atoms. The van der Waals surface area contributed by atoms with E-state index in [-0.39, 0.29) is 0 Å². The molecule has 0 saturated carbocycles. The van der Waals surface area contributed by atoms with Gasteiger partial charge in [0.2, 0.25) is 0 Å². The number of aromatic nitrogens is 3. The lowest BCUT2D eigenvalue weighted by Crippen LogP contribution is -2.03. The number of rotatable bonds is 1. The summed E-state index contributed by atoms with van der Waals surface area (Å²) in [4.78, 5) is 8.39. The lowest BCUT2D eigenvalue weighted by atomic mass is 10.3. The van der Waals surface area contributed by atoms with E-state index in [1.165, 1.54) is 0 Å². The third kappa shape index (κ3) is 1.52. The first kappa shape index (κ1) is 9.51. The van der Waals surface area contributed by atoms with Crippen LogP contribution in [0, 0.1) is 13.8 Å². The van der Waals surface area contributed by atoms with E-state index in [0.29, 0.717) is 11.5 Å². The molecule has 0 aliphatic heterocycles. The van der Waals surface area contributed by atoms with Crippen molar-refractivity contribution in [2.75, 3.05) is 11.5 Å². The molecule has 2 aromatic rings. The van der Waals surface area contributed by atoms with Crippen LogP contribution in [0.1, 0.15) is 11.4 Å². The Balaban J connectivity index is 2.55. The zero-order chi connectivity index (χ0) is 11.0. The van der Waals surface area contributed by atoms with E-state index in [2.05, 4.69) is 9.97 Å². The molecule has 78 valence electrons. The molecule has 4 N–H and O–H groups in total. The SMILES string of the molecule is Cc1ncn(-c2ccc(N)c(N)n2)c1C. The van der Waals surface area contributed by atoms with Crippen molar-refractivity contribution in [3.63, 3.8) is 0 Å². The van der Waals surface area contributed by atoms with Crippen LogP contribution in [0.4, 0.5) is 11.5 Å². The van der Waals surface area contributed by atoms with Crippen LogP contribution in [0.3, 0.4) is 0 Å². The minimum absolute atomic E-state index is 0.346. The topological polar surface area (TPSA) is 82.8 Å². The summed E-state index contributed by atoms with van der Waals surface area (Å²) < 4.78 is 1.88. The summed E-state index contributed by atoms with van der Waals surface area (Å²) in [6.45, 7) is 3.93. The van der Waals surface area contributed by atoms with Gasteiger partial charge in [0.15, 0.2) is 0 Å². The van der Waals surface area contributed by atoms with Gasteiger partial charge in [0.25, 0.3) is 0 Å². The fourth-order valence-electron chi connectivity index (χ4n) is 1.34. The standard InChI is InChI=1S/C10H13N5/c1-6-7(2)15(5-13-6)9-4-3-8(11)10(12)14-9/h3-5H,11H2,1-2H3,(H2,12,14). The molecule has 15 heavy (non-hydrogen) atoms. The summed E-state index contributed by atoms with van der Waals surface area (Å²) in [6, 6.07) is 3.56. The van der Waals surface area contributed by atoms with Crippen molar-refractivity contribution in [2.45, 2.75) is 13.8 Å². The van der Waals surface area contributed by atoms with Gasteiger partial charge in [-0.1, -0.05) is 0 Å². The second kappa shape index (κ2) is 3.27. The number of pyridine rings is 1. The predicted molar refractivity (Wildman–Crippen MR) is 59.7 cm³/mol. The fourth-order valence-corrected chi connectivity index (χ4v) is 1.34. The van der Waals surface area contributed by atoms with E-state index < -0.39 is 0 Å². The zero-order valence-corrected chi connectivity index (χ0v) is 8.73. The first-order valence-corrected chi connectivity index (χ1v) is 4.62. The highest BCUT2D eigenvalue weighted by molar-refractivity contribution is 5.59. The predicted octanol–water partition coefficient (Wildman–Crippen LogP) is 1.05. The Morgan fingerprint density at radius 1 is 1.20 bits per heavy atom. The zero-order valence-electron chi connectivity index (χ0n) is 8.73. The highest BCUT2D eigenvalue weighted by Crippen LogP contribution is 2.16. The van der Waals surface area contributed by atoms with Crippen LogP contribution in [0.5, 0.6) is 0 Å². The van der Waals surface area contributed by atoms with Gasteiger partial charge in [0.05, 0.1) is 11.4 Å². The molecule has 0 amide bonds. The molecular formula is C10H13N5. The lowest BCUT2D eigenvalue weighted by Gasteiger charge is -2.06. The lowest BCUT2D eigenvalue weighted by molar-refractivity contribution is 0.954. The van der Waals surface area contributed by atoms with Crippen LogP contribution in [0.15, 0.2) is 18.5 Å². The van der Waals surface area contributed by atoms with Crippen molar-refractivity contribution in [3.05, 3.63) is 29.8 Å². The molecule has 2 aromatic heterocycles. The molecule has 0 radical (unpaired) electrons. The van der Waals surface area contributed by atoms with Crippen LogP contribution in [-0.2, 0) is 0 Å². The molecule has 0 fully saturated rings. The van der Waals surface area contributed by atoms with E-state index >= 15 is 0 Å². The molecule has 2 heterocycles. The maximum Gasteiger partial charge on any atom is 0.149 e. The summed E-state index contributed by atoms with van der Waals surface area (Å²) in [5.41, 5.74) is 13.8. The summed E-state index contributed by atoms with van der Waals surface area (Å²) in [7, 11) is 0. The Labute approximate surface area is 87.8 Å². The molecule has 0 aromatic carbocycles.